The average Bonchev–Trinajstić information content (AvgIpc) is 2.57. The van der Waals surface area contributed by atoms with Crippen LogP contribution in [0, 0.1) is 69.2 Å². The molecule has 2 aromatic carbocycles. The normalized spacial score (nSPS) is 10.4. The van der Waals surface area contributed by atoms with Gasteiger partial charge < -0.3 is 0 Å². The maximum Gasteiger partial charge on any atom is 0.198 e. The molecule has 0 fully saturated rings. The van der Waals surface area contributed by atoms with Crippen LogP contribution in [0.25, 0.3) is 11.1 Å². The summed E-state index contributed by atoms with van der Waals surface area (Å²) in [6.07, 6.45) is 0. The molecule has 0 radical (unpaired) electrons. The zero-order valence-electron chi connectivity index (χ0n) is 10.9. The zero-order chi connectivity index (χ0) is 18.3. The SMILES string of the molecule is N#Cc1c(F)c(F)c(F)c(F)c1-c1c(F)c(F)c(F)c(F)c1C#N. The van der Waals surface area contributed by atoms with Crippen LogP contribution < -0.4 is 0 Å². The van der Waals surface area contributed by atoms with Gasteiger partial charge >= 0.3 is 0 Å². The van der Waals surface area contributed by atoms with Crippen LogP contribution in [0.3, 0.4) is 0 Å². The minimum absolute atomic E-state index is 0.867. The summed E-state index contributed by atoms with van der Waals surface area (Å²) >= 11 is 0. The molecule has 0 saturated heterocycles. The van der Waals surface area contributed by atoms with Gasteiger partial charge in [0.05, 0.1) is 0 Å². The van der Waals surface area contributed by atoms with Crippen molar-refractivity contribution in [1.29, 1.82) is 10.5 Å². The number of rotatable bonds is 1. The summed E-state index contributed by atoms with van der Waals surface area (Å²) in [4.78, 5) is 0. The van der Waals surface area contributed by atoms with Crippen molar-refractivity contribution in [2.75, 3.05) is 0 Å². The van der Waals surface area contributed by atoms with Crippen LogP contribution in [0.4, 0.5) is 35.1 Å². The van der Waals surface area contributed by atoms with Gasteiger partial charge in [-0.15, -0.1) is 0 Å². The number of benzene rings is 2. The van der Waals surface area contributed by atoms with E-state index in [0.717, 1.165) is 12.1 Å². The maximum absolute atomic E-state index is 13.9. The molecule has 0 aromatic heterocycles. The molecular weight excluding hydrogens is 348 g/mol. The second-order valence-electron chi connectivity index (χ2n) is 4.24. The molecule has 0 aliphatic rings. The number of hydrogen-bond acceptors (Lipinski definition) is 2. The van der Waals surface area contributed by atoms with Gasteiger partial charge in [0.25, 0.3) is 0 Å². The topological polar surface area (TPSA) is 47.6 Å². The summed E-state index contributed by atoms with van der Waals surface area (Å²) < 4.78 is 108. The van der Waals surface area contributed by atoms with Gasteiger partial charge in [-0.25, -0.2) is 35.1 Å². The Kier molecular flexibility index (Phi) is 4.17. The molecule has 0 aliphatic heterocycles. The molecule has 10 heteroatoms. The highest BCUT2D eigenvalue weighted by atomic mass is 19.2. The molecule has 2 nitrogen and oxygen atoms in total. The Morgan fingerprint density at radius 3 is 0.917 bits per heavy atom. The highest BCUT2D eigenvalue weighted by molar-refractivity contribution is 5.77. The highest BCUT2D eigenvalue weighted by Gasteiger charge is 2.33. The standard InChI is InChI=1S/C14F8N2/c15-7-3(1-23)5(9(17)13(21)11(7)19)6-4(2-24)8(16)12(20)14(22)10(6)18. The van der Waals surface area contributed by atoms with Crippen LogP contribution in [0.5, 0.6) is 0 Å². The minimum atomic E-state index is -2.52. The van der Waals surface area contributed by atoms with Gasteiger partial charge in [0.1, 0.15) is 23.3 Å². The second-order valence-corrected chi connectivity index (χ2v) is 4.24. The fraction of sp³-hybridized carbons (Fsp3) is 0. The van der Waals surface area contributed by atoms with Crippen LogP contribution in [-0.2, 0) is 0 Å². The lowest BCUT2D eigenvalue weighted by atomic mass is 9.93. The number of hydrogen-bond donors (Lipinski definition) is 0. The summed E-state index contributed by atoms with van der Waals surface area (Å²) in [7, 11) is 0. The van der Waals surface area contributed by atoms with E-state index in [9.17, 15) is 35.1 Å². The van der Waals surface area contributed by atoms with Crippen LogP contribution in [0.15, 0.2) is 0 Å². The van der Waals surface area contributed by atoms with Gasteiger partial charge in [0, 0.05) is 11.1 Å². The molecule has 122 valence electrons. The van der Waals surface area contributed by atoms with Crippen molar-refractivity contribution in [3.05, 3.63) is 57.7 Å². The smallest absolute Gasteiger partial charge is 0.198 e. The van der Waals surface area contributed by atoms with E-state index in [-0.39, 0.29) is 0 Å². The molecule has 0 N–H and O–H groups in total. The lowest BCUT2D eigenvalue weighted by Crippen LogP contribution is -2.09. The number of nitriles is 2. The largest absolute Gasteiger partial charge is 0.203 e. The fourth-order valence-corrected chi connectivity index (χ4v) is 1.94. The first kappa shape index (κ1) is 17.2. The number of nitrogens with zero attached hydrogens (tertiary/aromatic N) is 2. The Morgan fingerprint density at radius 2 is 0.667 bits per heavy atom. The maximum atomic E-state index is 13.9. The summed E-state index contributed by atoms with van der Waals surface area (Å²) in [5.74, 6) is -19.2. The monoisotopic (exact) mass is 348 g/mol. The van der Waals surface area contributed by atoms with Crippen molar-refractivity contribution in [1.82, 2.24) is 0 Å². The minimum Gasteiger partial charge on any atom is -0.203 e. The predicted molar refractivity (Wildman–Crippen MR) is 61.0 cm³/mol. The average molecular weight is 348 g/mol. The Labute approximate surface area is 127 Å². The quantitative estimate of drug-likeness (QED) is 0.440. The molecule has 2 aromatic rings. The second kappa shape index (κ2) is 5.81. The van der Waals surface area contributed by atoms with Gasteiger partial charge in [0.2, 0.25) is 0 Å². The van der Waals surface area contributed by atoms with Gasteiger partial charge in [-0.05, 0) is 0 Å². The van der Waals surface area contributed by atoms with E-state index in [0.29, 0.717) is 0 Å². The van der Waals surface area contributed by atoms with Crippen molar-refractivity contribution < 1.29 is 35.1 Å². The van der Waals surface area contributed by atoms with Crippen LogP contribution in [0.1, 0.15) is 11.1 Å². The number of halogens is 8. The lowest BCUT2D eigenvalue weighted by molar-refractivity contribution is 0.403. The zero-order valence-corrected chi connectivity index (χ0v) is 10.9. The van der Waals surface area contributed by atoms with Gasteiger partial charge in [-0.3, -0.25) is 0 Å². The highest BCUT2D eigenvalue weighted by Crippen LogP contribution is 2.38. The van der Waals surface area contributed by atoms with Crippen LogP contribution in [0.2, 0.25) is 0 Å². The third-order valence-electron chi connectivity index (χ3n) is 3.01. The Morgan fingerprint density at radius 1 is 0.417 bits per heavy atom. The predicted octanol–water partition coefficient (Wildman–Crippen LogP) is 4.21. The molecule has 0 saturated carbocycles. The van der Waals surface area contributed by atoms with Gasteiger partial charge in [-0.1, -0.05) is 0 Å². The molecule has 24 heavy (non-hydrogen) atoms. The molecule has 0 heterocycles. The van der Waals surface area contributed by atoms with E-state index in [4.69, 9.17) is 10.5 Å². The van der Waals surface area contributed by atoms with Crippen molar-refractivity contribution >= 4 is 0 Å². The third-order valence-corrected chi connectivity index (χ3v) is 3.01. The first-order valence-corrected chi connectivity index (χ1v) is 5.71. The molecule has 0 spiro atoms. The van der Waals surface area contributed by atoms with E-state index in [2.05, 4.69) is 0 Å². The summed E-state index contributed by atoms with van der Waals surface area (Å²) in [6.45, 7) is 0. The molecule has 0 amide bonds. The van der Waals surface area contributed by atoms with Crippen molar-refractivity contribution in [3.63, 3.8) is 0 Å². The fourth-order valence-electron chi connectivity index (χ4n) is 1.94. The molecule has 2 rings (SSSR count). The van der Waals surface area contributed by atoms with E-state index in [1.807, 2.05) is 0 Å². The van der Waals surface area contributed by atoms with E-state index in [1.54, 1.807) is 0 Å². The molecule has 0 unspecified atom stereocenters. The first-order chi connectivity index (χ1) is 11.2. The Bertz CT molecular complexity index is 890. The summed E-state index contributed by atoms with van der Waals surface area (Å²) in [6, 6.07) is 1.73. The van der Waals surface area contributed by atoms with E-state index < -0.39 is 68.8 Å². The Hall–Kier alpha value is -3.14. The van der Waals surface area contributed by atoms with Crippen LogP contribution >= 0.6 is 0 Å². The van der Waals surface area contributed by atoms with Gasteiger partial charge in [0.15, 0.2) is 46.5 Å². The molecular formula is C14F8N2. The molecule has 0 atom stereocenters. The Balaban J connectivity index is 3.17. The summed E-state index contributed by atoms with van der Waals surface area (Å²) in [5, 5.41) is 17.5. The van der Waals surface area contributed by atoms with Crippen molar-refractivity contribution in [2.45, 2.75) is 0 Å². The summed E-state index contributed by atoms with van der Waals surface area (Å²) in [5.41, 5.74) is -6.82. The van der Waals surface area contributed by atoms with Crippen molar-refractivity contribution in [2.24, 2.45) is 0 Å². The molecule has 0 bridgehead atoms. The lowest BCUT2D eigenvalue weighted by Gasteiger charge is -2.13. The van der Waals surface area contributed by atoms with Crippen molar-refractivity contribution in [3.8, 4) is 23.3 Å². The van der Waals surface area contributed by atoms with E-state index >= 15 is 0 Å². The van der Waals surface area contributed by atoms with Crippen LogP contribution in [-0.4, -0.2) is 0 Å². The van der Waals surface area contributed by atoms with E-state index in [1.165, 1.54) is 0 Å². The third kappa shape index (κ3) is 2.15. The molecule has 0 aliphatic carbocycles. The first-order valence-electron chi connectivity index (χ1n) is 5.71. The van der Waals surface area contributed by atoms with Gasteiger partial charge in [-0.2, -0.15) is 10.5 Å².